The predicted molar refractivity (Wildman–Crippen MR) is 60.8 cm³/mol. The van der Waals surface area contributed by atoms with E-state index in [1.807, 2.05) is 12.1 Å². The molecule has 1 saturated heterocycles. The van der Waals surface area contributed by atoms with Crippen LogP contribution in [0.4, 0.5) is 0 Å². The number of nitrogens with one attached hydrogen (secondary N) is 1. The molecule has 0 bridgehead atoms. The third-order valence-corrected chi connectivity index (χ3v) is 2.80. The summed E-state index contributed by atoms with van der Waals surface area (Å²) in [5, 5.41) is 12.6. The fraction of sp³-hybridized carbons (Fsp3) is 0.500. The molecule has 1 atom stereocenters. The van der Waals surface area contributed by atoms with E-state index in [1.54, 1.807) is 12.1 Å². The number of phenols is 1. The van der Waals surface area contributed by atoms with E-state index in [4.69, 9.17) is 0 Å². The predicted octanol–water partition coefficient (Wildman–Crippen LogP) is 1.19. The van der Waals surface area contributed by atoms with Gasteiger partial charge in [0.2, 0.25) is 0 Å². The quantitative estimate of drug-likeness (QED) is 0.763. The lowest BCUT2D eigenvalue weighted by Gasteiger charge is -2.31. The molecule has 82 valence electrons. The maximum atomic E-state index is 9.18. The van der Waals surface area contributed by atoms with E-state index < -0.39 is 0 Å². The summed E-state index contributed by atoms with van der Waals surface area (Å²) in [7, 11) is 0. The van der Waals surface area contributed by atoms with Crippen molar-refractivity contribution in [2.45, 2.75) is 19.5 Å². The van der Waals surface area contributed by atoms with E-state index in [1.165, 1.54) is 5.56 Å². The summed E-state index contributed by atoms with van der Waals surface area (Å²) in [6.45, 7) is 6.46. The van der Waals surface area contributed by atoms with Gasteiger partial charge < -0.3 is 10.4 Å². The Bertz CT molecular complexity index is 310. The molecule has 0 radical (unpaired) electrons. The number of hydrogen-bond acceptors (Lipinski definition) is 3. The van der Waals surface area contributed by atoms with Crippen LogP contribution in [-0.4, -0.2) is 35.7 Å². The molecule has 1 aliphatic rings. The Kier molecular flexibility index (Phi) is 3.23. The zero-order chi connectivity index (χ0) is 10.7. The standard InChI is InChI=1S/C12H18N2O/c1-10-8-14(7-6-13-10)9-11-2-4-12(15)5-3-11/h2-5,10,13,15H,6-9H2,1H3/t10-/m1/s1. The van der Waals surface area contributed by atoms with Crippen LogP contribution in [0.2, 0.25) is 0 Å². The molecule has 1 aliphatic heterocycles. The van der Waals surface area contributed by atoms with Crippen molar-refractivity contribution in [2.24, 2.45) is 0 Å². The average molecular weight is 206 g/mol. The van der Waals surface area contributed by atoms with Crippen LogP contribution in [-0.2, 0) is 6.54 Å². The second kappa shape index (κ2) is 4.64. The number of nitrogens with zero attached hydrogens (tertiary/aromatic N) is 1. The number of rotatable bonds is 2. The van der Waals surface area contributed by atoms with Gasteiger partial charge >= 0.3 is 0 Å². The van der Waals surface area contributed by atoms with Crippen LogP contribution >= 0.6 is 0 Å². The van der Waals surface area contributed by atoms with Gasteiger partial charge in [0.05, 0.1) is 0 Å². The zero-order valence-electron chi connectivity index (χ0n) is 9.11. The van der Waals surface area contributed by atoms with Gasteiger partial charge in [0, 0.05) is 32.2 Å². The minimum atomic E-state index is 0.340. The maximum absolute atomic E-state index is 9.18. The van der Waals surface area contributed by atoms with E-state index in [-0.39, 0.29) is 0 Å². The van der Waals surface area contributed by atoms with Gasteiger partial charge in [-0.3, -0.25) is 4.90 Å². The molecule has 15 heavy (non-hydrogen) atoms. The Morgan fingerprint density at radius 1 is 1.40 bits per heavy atom. The first-order chi connectivity index (χ1) is 7.24. The summed E-state index contributed by atoms with van der Waals surface area (Å²) in [5.41, 5.74) is 1.27. The van der Waals surface area contributed by atoms with Gasteiger partial charge in [0.1, 0.15) is 5.75 Å². The summed E-state index contributed by atoms with van der Waals surface area (Å²) in [5.74, 6) is 0.340. The summed E-state index contributed by atoms with van der Waals surface area (Å²) < 4.78 is 0. The molecule has 0 unspecified atom stereocenters. The molecule has 2 rings (SSSR count). The van der Waals surface area contributed by atoms with Crippen LogP contribution in [0, 0.1) is 0 Å². The van der Waals surface area contributed by atoms with Crippen molar-refractivity contribution in [1.82, 2.24) is 10.2 Å². The molecule has 3 nitrogen and oxygen atoms in total. The van der Waals surface area contributed by atoms with Crippen molar-refractivity contribution in [3.63, 3.8) is 0 Å². The Labute approximate surface area is 90.7 Å². The van der Waals surface area contributed by atoms with Crippen molar-refractivity contribution in [1.29, 1.82) is 0 Å². The third-order valence-electron chi connectivity index (χ3n) is 2.80. The lowest BCUT2D eigenvalue weighted by atomic mass is 10.1. The smallest absolute Gasteiger partial charge is 0.115 e. The van der Waals surface area contributed by atoms with Crippen molar-refractivity contribution >= 4 is 0 Å². The Morgan fingerprint density at radius 2 is 2.13 bits per heavy atom. The second-order valence-corrected chi connectivity index (χ2v) is 4.26. The fourth-order valence-corrected chi connectivity index (χ4v) is 2.02. The van der Waals surface area contributed by atoms with Crippen LogP contribution < -0.4 is 5.32 Å². The van der Waals surface area contributed by atoms with Gasteiger partial charge in [-0.2, -0.15) is 0 Å². The topological polar surface area (TPSA) is 35.5 Å². The molecule has 0 saturated carbocycles. The minimum Gasteiger partial charge on any atom is -0.508 e. The minimum absolute atomic E-state index is 0.340. The summed E-state index contributed by atoms with van der Waals surface area (Å²) in [6, 6.07) is 8.06. The van der Waals surface area contributed by atoms with Crippen LogP contribution in [0.15, 0.2) is 24.3 Å². The van der Waals surface area contributed by atoms with E-state index in [0.29, 0.717) is 11.8 Å². The summed E-state index contributed by atoms with van der Waals surface area (Å²) in [6.07, 6.45) is 0. The van der Waals surface area contributed by atoms with Crippen LogP contribution in [0.25, 0.3) is 0 Å². The van der Waals surface area contributed by atoms with Gasteiger partial charge in [0.15, 0.2) is 0 Å². The van der Waals surface area contributed by atoms with Crippen molar-refractivity contribution in [3.8, 4) is 5.75 Å². The second-order valence-electron chi connectivity index (χ2n) is 4.26. The first-order valence-corrected chi connectivity index (χ1v) is 5.48. The molecule has 1 heterocycles. The van der Waals surface area contributed by atoms with Gasteiger partial charge in [-0.05, 0) is 24.6 Å². The molecule has 0 aromatic heterocycles. The SMILES string of the molecule is C[C@@H]1CN(Cc2ccc(O)cc2)CCN1. The molecular formula is C12H18N2O. The molecule has 1 fully saturated rings. The van der Waals surface area contributed by atoms with E-state index >= 15 is 0 Å². The first-order valence-electron chi connectivity index (χ1n) is 5.48. The van der Waals surface area contributed by atoms with Gasteiger partial charge in [-0.25, -0.2) is 0 Å². The lowest BCUT2D eigenvalue weighted by molar-refractivity contribution is 0.199. The van der Waals surface area contributed by atoms with Crippen molar-refractivity contribution < 1.29 is 5.11 Å². The van der Waals surface area contributed by atoms with Crippen molar-refractivity contribution in [3.05, 3.63) is 29.8 Å². The number of hydrogen-bond donors (Lipinski definition) is 2. The van der Waals surface area contributed by atoms with E-state index in [0.717, 1.165) is 26.2 Å². The normalized spacial score (nSPS) is 22.9. The number of phenolic OH excluding ortho intramolecular Hbond substituents is 1. The fourth-order valence-electron chi connectivity index (χ4n) is 2.02. The third kappa shape index (κ3) is 2.94. The van der Waals surface area contributed by atoms with E-state index in [9.17, 15) is 5.11 Å². The molecule has 1 aromatic rings. The Hall–Kier alpha value is -1.06. The molecule has 2 N–H and O–H groups in total. The van der Waals surface area contributed by atoms with Crippen LogP contribution in [0.1, 0.15) is 12.5 Å². The lowest BCUT2D eigenvalue weighted by Crippen LogP contribution is -2.48. The Balaban J connectivity index is 1.93. The highest BCUT2D eigenvalue weighted by Crippen LogP contribution is 2.12. The van der Waals surface area contributed by atoms with Gasteiger partial charge in [-0.15, -0.1) is 0 Å². The molecule has 1 aromatic carbocycles. The zero-order valence-corrected chi connectivity index (χ0v) is 9.11. The van der Waals surface area contributed by atoms with Crippen LogP contribution in [0.5, 0.6) is 5.75 Å². The molecule has 0 amide bonds. The van der Waals surface area contributed by atoms with E-state index in [2.05, 4.69) is 17.1 Å². The number of benzene rings is 1. The molecule has 0 aliphatic carbocycles. The average Bonchev–Trinajstić information content (AvgIpc) is 2.22. The maximum Gasteiger partial charge on any atom is 0.115 e. The number of piperazine rings is 1. The first kappa shape index (κ1) is 10.5. The van der Waals surface area contributed by atoms with Gasteiger partial charge in [0.25, 0.3) is 0 Å². The summed E-state index contributed by atoms with van der Waals surface area (Å²) >= 11 is 0. The molecule has 0 spiro atoms. The van der Waals surface area contributed by atoms with Gasteiger partial charge in [-0.1, -0.05) is 12.1 Å². The number of aromatic hydroxyl groups is 1. The van der Waals surface area contributed by atoms with Crippen molar-refractivity contribution in [2.75, 3.05) is 19.6 Å². The van der Waals surface area contributed by atoms with Crippen LogP contribution in [0.3, 0.4) is 0 Å². The molecule has 3 heteroatoms. The Morgan fingerprint density at radius 3 is 2.80 bits per heavy atom. The monoisotopic (exact) mass is 206 g/mol. The summed E-state index contributed by atoms with van der Waals surface area (Å²) in [4.78, 5) is 2.44. The highest BCUT2D eigenvalue weighted by atomic mass is 16.3. The highest BCUT2D eigenvalue weighted by molar-refractivity contribution is 5.25. The molecular weight excluding hydrogens is 188 g/mol. The highest BCUT2D eigenvalue weighted by Gasteiger charge is 2.15. The largest absolute Gasteiger partial charge is 0.508 e.